The molecule has 0 atom stereocenters. The van der Waals surface area contributed by atoms with Gasteiger partial charge in [0.25, 0.3) is 5.56 Å². The number of H-pyrrole nitrogens is 1. The number of thioether (sulfide) groups is 1. The van der Waals surface area contributed by atoms with Crippen LogP contribution in [0.2, 0.25) is 5.02 Å². The summed E-state index contributed by atoms with van der Waals surface area (Å²) in [4.78, 5) is 22.6. The Hall–Kier alpha value is -2.88. The molecule has 1 aliphatic rings. The molecular formula is C23H18ClN5O2S2. The number of fused-ring (bicyclic) bond motifs is 3. The molecule has 33 heavy (non-hydrogen) atoms. The zero-order valence-electron chi connectivity index (χ0n) is 17.4. The van der Waals surface area contributed by atoms with Crippen LogP contribution in [-0.4, -0.2) is 24.7 Å². The van der Waals surface area contributed by atoms with E-state index in [1.165, 1.54) is 22.2 Å². The summed E-state index contributed by atoms with van der Waals surface area (Å²) in [6.45, 7) is 0.487. The number of halogens is 1. The van der Waals surface area contributed by atoms with Crippen molar-refractivity contribution in [1.82, 2.24) is 24.7 Å². The highest BCUT2D eigenvalue weighted by atomic mass is 35.5. The number of furan rings is 1. The van der Waals surface area contributed by atoms with E-state index >= 15 is 0 Å². The van der Waals surface area contributed by atoms with E-state index < -0.39 is 0 Å². The summed E-state index contributed by atoms with van der Waals surface area (Å²) in [6, 6.07) is 11.3. The standard InChI is InChI=1S/C23H18ClN5O2S2/c24-14-8-6-13(7-9-14)20-27-28-23(29(20)11-15-3-2-10-31-15)32-12-18-25-21(30)19-16-4-1-5-17(16)33-22(19)26-18/h2-3,6-10H,1,4-5,11-12H2,(H,25,26,30). The highest BCUT2D eigenvalue weighted by Gasteiger charge is 2.22. The lowest BCUT2D eigenvalue weighted by molar-refractivity contribution is 0.485. The average molecular weight is 496 g/mol. The molecule has 0 spiro atoms. The molecule has 5 aromatic rings. The van der Waals surface area contributed by atoms with Gasteiger partial charge in [0.2, 0.25) is 0 Å². The zero-order chi connectivity index (χ0) is 22.4. The Kier molecular flexibility index (Phi) is 5.32. The van der Waals surface area contributed by atoms with Crippen molar-refractivity contribution in [2.75, 3.05) is 0 Å². The molecule has 0 unspecified atom stereocenters. The van der Waals surface area contributed by atoms with E-state index in [9.17, 15) is 4.79 Å². The predicted octanol–water partition coefficient (Wildman–Crippen LogP) is 5.32. The maximum absolute atomic E-state index is 12.8. The van der Waals surface area contributed by atoms with E-state index in [4.69, 9.17) is 21.0 Å². The van der Waals surface area contributed by atoms with E-state index in [2.05, 4.69) is 15.2 Å². The van der Waals surface area contributed by atoms with Crippen LogP contribution in [0, 0.1) is 0 Å². The molecule has 0 aliphatic heterocycles. The van der Waals surface area contributed by atoms with E-state index in [0.717, 1.165) is 46.6 Å². The fourth-order valence-electron chi connectivity index (χ4n) is 4.16. The van der Waals surface area contributed by atoms with Gasteiger partial charge in [-0.25, -0.2) is 4.98 Å². The Morgan fingerprint density at radius 3 is 2.88 bits per heavy atom. The maximum Gasteiger partial charge on any atom is 0.259 e. The normalized spacial score (nSPS) is 13.1. The molecule has 7 nitrogen and oxygen atoms in total. The van der Waals surface area contributed by atoms with Crippen LogP contribution in [0.3, 0.4) is 0 Å². The first-order chi connectivity index (χ1) is 16.2. The van der Waals surface area contributed by atoms with Crippen molar-refractivity contribution in [2.45, 2.75) is 36.7 Å². The first kappa shape index (κ1) is 20.7. The lowest BCUT2D eigenvalue weighted by Crippen LogP contribution is -2.11. The molecule has 166 valence electrons. The van der Waals surface area contributed by atoms with Crippen molar-refractivity contribution < 1.29 is 4.42 Å². The van der Waals surface area contributed by atoms with Gasteiger partial charge in [-0.05, 0) is 61.2 Å². The molecule has 4 heterocycles. The van der Waals surface area contributed by atoms with Crippen molar-refractivity contribution in [3.05, 3.63) is 80.1 Å². The van der Waals surface area contributed by atoms with Gasteiger partial charge < -0.3 is 9.40 Å². The minimum atomic E-state index is -0.0473. The monoisotopic (exact) mass is 495 g/mol. The molecule has 0 saturated heterocycles. The lowest BCUT2D eigenvalue weighted by atomic mass is 10.2. The molecule has 1 aliphatic carbocycles. The number of nitrogens with zero attached hydrogens (tertiary/aromatic N) is 4. The summed E-state index contributed by atoms with van der Waals surface area (Å²) in [7, 11) is 0. The van der Waals surface area contributed by atoms with E-state index in [-0.39, 0.29) is 5.56 Å². The summed E-state index contributed by atoms with van der Waals surface area (Å²) < 4.78 is 7.57. The fourth-order valence-corrected chi connectivity index (χ4v) is 6.37. The van der Waals surface area contributed by atoms with Gasteiger partial charge in [-0.15, -0.1) is 21.5 Å². The highest BCUT2D eigenvalue weighted by Crippen LogP contribution is 2.35. The van der Waals surface area contributed by atoms with Crippen LogP contribution in [0.25, 0.3) is 21.6 Å². The maximum atomic E-state index is 12.8. The van der Waals surface area contributed by atoms with Crippen molar-refractivity contribution in [3.8, 4) is 11.4 Å². The summed E-state index contributed by atoms with van der Waals surface area (Å²) in [6.07, 6.45) is 4.78. The Morgan fingerprint density at radius 2 is 2.06 bits per heavy atom. The summed E-state index contributed by atoms with van der Waals surface area (Å²) >= 11 is 9.19. The summed E-state index contributed by atoms with van der Waals surface area (Å²) in [5, 5.41) is 11.0. The van der Waals surface area contributed by atoms with Gasteiger partial charge in [0.15, 0.2) is 11.0 Å². The Bertz CT molecular complexity index is 1500. The molecule has 0 saturated carbocycles. The Labute approximate surface area is 201 Å². The molecule has 10 heteroatoms. The van der Waals surface area contributed by atoms with Crippen LogP contribution < -0.4 is 5.56 Å². The topological polar surface area (TPSA) is 89.6 Å². The van der Waals surface area contributed by atoms with Gasteiger partial charge in [-0.2, -0.15) is 0 Å². The predicted molar refractivity (Wildman–Crippen MR) is 130 cm³/mol. The molecule has 4 aromatic heterocycles. The Balaban J connectivity index is 1.32. The Morgan fingerprint density at radius 1 is 1.18 bits per heavy atom. The second kappa shape index (κ2) is 8.48. The number of hydrogen-bond donors (Lipinski definition) is 1. The smallest absolute Gasteiger partial charge is 0.259 e. The molecule has 0 radical (unpaired) electrons. The van der Waals surface area contributed by atoms with Crippen LogP contribution in [-0.2, 0) is 25.1 Å². The third kappa shape index (κ3) is 3.90. The van der Waals surface area contributed by atoms with Crippen LogP contribution >= 0.6 is 34.7 Å². The minimum absolute atomic E-state index is 0.0473. The van der Waals surface area contributed by atoms with Crippen molar-refractivity contribution >= 4 is 44.9 Å². The number of hydrogen-bond acceptors (Lipinski definition) is 7. The van der Waals surface area contributed by atoms with Gasteiger partial charge in [-0.1, -0.05) is 23.4 Å². The second-order valence-electron chi connectivity index (χ2n) is 7.82. The third-order valence-electron chi connectivity index (χ3n) is 5.68. The second-order valence-corrected chi connectivity index (χ2v) is 10.3. The first-order valence-corrected chi connectivity index (χ1v) is 12.7. The number of aromatic nitrogens is 5. The molecular weight excluding hydrogens is 478 g/mol. The number of benzene rings is 1. The number of aryl methyl sites for hydroxylation is 2. The highest BCUT2D eigenvalue weighted by molar-refractivity contribution is 7.98. The molecule has 1 aromatic carbocycles. The van der Waals surface area contributed by atoms with E-state index in [1.807, 2.05) is 41.0 Å². The summed E-state index contributed by atoms with van der Waals surface area (Å²) in [5.41, 5.74) is 2.05. The van der Waals surface area contributed by atoms with Crippen molar-refractivity contribution in [3.63, 3.8) is 0 Å². The van der Waals surface area contributed by atoms with Crippen molar-refractivity contribution in [1.29, 1.82) is 0 Å². The molecule has 0 amide bonds. The lowest BCUT2D eigenvalue weighted by Gasteiger charge is -2.09. The quantitative estimate of drug-likeness (QED) is 0.321. The average Bonchev–Trinajstić information content (AvgIpc) is 3.58. The largest absolute Gasteiger partial charge is 0.467 e. The summed E-state index contributed by atoms with van der Waals surface area (Å²) in [5.74, 6) is 2.63. The van der Waals surface area contributed by atoms with Gasteiger partial charge in [0.1, 0.15) is 16.4 Å². The van der Waals surface area contributed by atoms with Crippen molar-refractivity contribution in [2.24, 2.45) is 0 Å². The minimum Gasteiger partial charge on any atom is -0.467 e. The number of nitrogens with one attached hydrogen (secondary N) is 1. The number of thiophene rings is 1. The van der Waals surface area contributed by atoms with E-state index in [0.29, 0.717) is 28.3 Å². The number of rotatable bonds is 6. The third-order valence-corrected chi connectivity index (χ3v) is 8.09. The molecule has 0 fully saturated rings. The van der Waals surface area contributed by atoms with Gasteiger partial charge in [0, 0.05) is 15.5 Å². The van der Waals surface area contributed by atoms with Crippen LogP contribution in [0.4, 0.5) is 0 Å². The van der Waals surface area contributed by atoms with Gasteiger partial charge in [0.05, 0.1) is 23.9 Å². The van der Waals surface area contributed by atoms with Crippen LogP contribution in [0.5, 0.6) is 0 Å². The van der Waals surface area contributed by atoms with E-state index in [1.54, 1.807) is 17.6 Å². The molecule has 1 N–H and O–H groups in total. The molecule has 0 bridgehead atoms. The van der Waals surface area contributed by atoms with Gasteiger partial charge in [-0.3, -0.25) is 9.36 Å². The molecule has 6 rings (SSSR count). The van der Waals surface area contributed by atoms with Crippen LogP contribution in [0.1, 0.15) is 28.4 Å². The fraction of sp³-hybridized carbons (Fsp3) is 0.217. The number of aromatic amines is 1. The SMILES string of the molecule is O=c1[nH]c(CSc2nnc(-c3ccc(Cl)cc3)n2Cc2ccco2)nc2sc3c(c12)CCC3. The van der Waals surface area contributed by atoms with Crippen LogP contribution in [0.15, 0.2) is 57.0 Å². The zero-order valence-corrected chi connectivity index (χ0v) is 19.8. The van der Waals surface area contributed by atoms with Gasteiger partial charge >= 0.3 is 0 Å². The first-order valence-electron chi connectivity index (χ1n) is 10.5.